The average Bonchev–Trinajstić information content (AvgIpc) is 2.72. The van der Waals surface area contributed by atoms with Crippen LogP contribution in [-0.2, 0) is 10.9 Å². The fraction of sp³-hybridized carbons (Fsp3) is 0.636. The van der Waals surface area contributed by atoms with Gasteiger partial charge in [-0.25, -0.2) is 9.78 Å². The molecule has 1 unspecified atom stereocenters. The molecule has 1 atom stereocenters. The predicted octanol–water partition coefficient (Wildman–Crippen LogP) is 3.12. The first-order valence-corrected chi connectivity index (χ1v) is 5.65. The summed E-state index contributed by atoms with van der Waals surface area (Å²) in [7, 11) is 0. The fourth-order valence-corrected chi connectivity index (χ4v) is 1.37. The zero-order valence-corrected chi connectivity index (χ0v) is 10.4. The number of hydrogen-bond donors (Lipinski definition) is 1. The highest BCUT2D eigenvalue weighted by Crippen LogP contribution is 2.32. The molecule has 0 spiro atoms. The molecule has 0 aromatic carbocycles. The number of rotatable bonds is 4. The zero-order chi connectivity index (χ0) is 13.9. The monoisotopic (exact) mass is 264 g/mol. The van der Waals surface area contributed by atoms with Crippen LogP contribution in [0.5, 0.6) is 0 Å². The van der Waals surface area contributed by atoms with E-state index in [0.29, 0.717) is 6.42 Å². The van der Waals surface area contributed by atoms with Crippen LogP contribution in [-0.4, -0.2) is 22.5 Å². The highest BCUT2D eigenvalue weighted by atomic mass is 19.4. The first-order valence-electron chi connectivity index (χ1n) is 5.65. The lowest BCUT2D eigenvalue weighted by atomic mass is 10.1. The summed E-state index contributed by atoms with van der Waals surface area (Å²) in [4.78, 5) is 17.3. The Bertz CT molecular complexity index is 426. The molecule has 0 saturated carbocycles. The van der Waals surface area contributed by atoms with Crippen LogP contribution in [0.4, 0.5) is 13.2 Å². The maximum absolute atomic E-state index is 12.8. The molecule has 0 aliphatic rings. The third-order valence-corrected chi connectivity index (χ3v) is 2.55. The van der Waals surface area contributed by atoms with E-state index in [1.807, 2.05) is 6.92 Å². The van der Waals surface area contributed by atoms with E-state index in [1.54, 1.807) is 6.92 Å². The molecular weight excluding hydrogens is 249 g/mol. The van der Waals surface area contributed by atoms with E-state index in [2.05, 4.69) is 14.7 Å². The maximum atomic E-state index is 12.8. The van der Waals surface area contributed by atoms with E-state index < -0.39 is 23.5 Å². The molecule has 7 heteroatoms. The SMILES string of the molecule is CCOC(=O)c1nc(C(C)CC)[nH]c1C(F)(F)F. The lowest BCUT2D eigenvalue weighted by Gasteiger charge is -2.06. The molecule has 0 aliphatic carbocycles. The summed E-state index contributed by atoms with van der Waals surface area (Å²) < 4.78 is 42.8. The number of carbonyl (C=O) groups excluding carboxylic acids is 1. The number of esters is 1. The average molecular weight is 264 g/mol. The molecule has 102 valence electrons. The summed E-state index contributed by atoms with van der Waals surface area (Å²) in [5.74, 6) is -1.10. The second-order valence-electron chi connectivity index (χ2n) is 3.87. The Morgan fingerprint density at radius 1 is 1.44 bits per heavy atom. The summed E-state index contributed by atoms with van der Waals surface area (Å²) in [5.41, 5.74) is -1.84. The molecule has 0 radical (unpaired) electrons. The van der Waals surface area contributed by atoms with Crippen LogP contribution in [0.15, 0.2) is 0 Å². The highest BCUT2D eigenvalue weighted by molar-refractivity contribution is 5.88. The van der Waals surface area contributed by atoms with Crippen LogP contribution in [0.25, 0.3) is 0 Å². The van der Waals surface area contributed by atoms with Gasteiger partial charge in [0.2, 0.25) is 0 Å². The quantitative estimate of drug-likeness (QED) is 0.850. The number of alkyl halides is 3. The van der Waals surface area contributed by atoms with Crippen LogP contribution in [0.1, 0.15) is 55.1 Å². The number of hydrogen-bond acceptors (Lipinski definition) is 3. The lowest BCUT2D eigenvalue weighted by Crippen LogP contribution is -2.15. The highest BCUT2D eigenvalue weighted by Gasteiger charge is 2.39. The molecular formula is C11H15F3N2O2. The Morgan fingerprint density at radius 3 is 2.50 bits per heavy atom. The van der Waals surface area contributed by atoms with Crippen LogP contribution < -0.4 is 0 Å². The molecule has 1 aromatic heterocycles. The van der Waals surface area contributed by atoms with Gasteiger partial charge in [-0.2, -0.15) is 13.2 Å². The molecule has 1 N–H and O–H groups in total. The second kappa shape index (κ2) is 5.41. The van der Waals surface area contributed by atoms with Gasteiger partial charge in [0.05, 0.1) is 6.61 Å². The number of aromatic amines is 1. The Balaban J connectivity index is 3.21. The number of nitrogens with zero attached hydrogens (tertiary/aromatic N) is 1. The third kappa shape index (κ3) is 3.02. The van der Waals surface area contributed by atoms with Crippen molar-refractivity contribution in [2.45, 2.75) is 39.3 Å². The van der Waals surface area contributed by atoms with E-state index >= 15 is 0 Å². The minimum absolute atomic E-state index is 0.00164. The number of aromatic nitrogens is 2. The lowest BCUT2D eigenvalue weighted by molar-refractivity contribution is -0.141. The topological polar surface area (TPSA) is 55.0 Å². The van der Waals surface area contributed by atoms with Gasteiger partial charge in [0.25, 0.3) is 0 Å². The molecule has 0 aliphatic heterocycles. The van der Waals surface area contributed by atoms with E-state index in [9.17, 15) is 18.0 Å². The van der Waals surface area contributed by atoms with Crippen molar-refractivity contribution in [1.29, 1.82) is 0 Å². The van der Waals surface area contributed by atoms with Crippen molar-refractivity contribution in [3.05, 3.63) is 17.2 Å². The van der Waals surface area contributed by atoms with Gasteiger partial charge in [-0.1, -0.05) is 13.8 Å². The molecule has 0 fully saturated rings. The number of H-pyrrole nitrogens is 1. The summed E-state index contributed by atoms with van der Waals surface area (Å²) >= 11 is 0. The summed E-state index contributed by atoms with van der Waals surface area (Å²) in [5, 5.41) is 0. The van der Waals surface area contributed by atoms with Gasteiger partial charge in [0, 0.05) is 5.92 Å². The minimum Gasteiger partial charge on any atom is -0.461 e. The first kappa shape index (κ1) is 14.5. The second-order valence-corrected chi connectivity index (χ2v) is 3.87. The van der Waals surface area contributed by atoms with Gasteiger partial charge < -0.3 is 9.72 Å². The molecule has 4 nitrogen and oxygen atoms in total. The van der Waals surface area contributed by atoms with Gasteiger partial charge in [0.15, 0.2) is 11.4 Å². The molecule has 0 saturated heterocycles. The van der Waals surface area contributed by atoms with Crippen molar-refractivity contribution in [3.8, 4) is 0 Å². The zero-order valence-electron chi connectivity index (χ0n) is 10.4. The van der Waals surface area contributed by atoms with Crippen LogP contribution in [0.3, 0.4) is 0 Å². The number of imidazole rings is 1. The predicted molar refractivity (Wildman–Crippen MR) is 58.3 cm³/mol. The molecule has 1 rings (SSSR count). The van der Waals surface area contributed by atoms with Crippen molar-refractivity contribution >= 4 is 5.97 Å². The number of carbonyl (C=O) groups is 1. The Morgan fingerprint density at radius 2 is 2.06 bits per heavy atom. The van der Waals surface area contributed by atoms with E-state index in [-0.39, 0.29) is 18.3 Å². The van der Waals surface area contributed by atoms with Gasteiger partial charge in [0.1, 0.15) is 5.82 Å². The van der Waals surface area contributed by atoms with Gasteiger partial charge in [-0.3, -0.25) is 0 Å². The van der Waals surface area contributed by atoms with Crippen molar-refractivity contribution in [1.82, 2.24) is 9.97 Å². The van der Waals surface area contributed by atoms with Crippen molar-refractivity contribution in [3.63, 3.8) is 0 Å². The number of nitrogens with one attached hydrogen (secondary N) is 1. The Labute approximate surface area is 103 Å². The fourth-order valence-electron chi connectivity index (χ4n) is 1.37. The van der Waals surface area contributed by atoms with Gasteiger partial charge >= 0.3 is 12.1 Å². The standard InChI is InChI=1S/C11H15F3N2O2/c1-4-6(3)9-15-7(10(17)18-5-2)8(16-9)11(12,13)14/h6H,4-5H2,1-3H3,(H,15,16). The van der Waals surface area contributed by atoms with Crippen LogP contribution >= 0.6 is 0 Å². The van der Waals surface area contributed by atoms with Crippen LogP contribution in [0.2, 0.25) is 0 Å². The number of halogens is 3. The first-order chi connectivity index (χ1) is 8.31. The Hall–Kier alpha value is -1.53. The van der Waals surface area contributed by atoms with Crippen LogP contribution in [0, 0.1) is 0 Å². The van der Waals surface area contributed by atoms with Crippen molar-refractivity contribution < 1.29 is 22.7 Å². The molecule has 1 heterocycles. The maximum Gasteiger partial charge on any atom is 0.433 e. The van der Waals surface area contributed by atoms with E-state index in [1.165, 1.54) is 6.92 Å². The minimum atomic E-state index is -4.65. The van der Waals surface area contributed by atoms with Gasteiger partial charge in [-0.05, 0) is 13.3 Å². The third-order valence-electron chi connectivity index (χ3n) is 2.55. The molecule has 1 aromatic rings. The number of ether oxygens (including phenoxy) is 1. The smallest absolute Gasteiger partial charge is 0.433 e. The van der Waals surface area contributed by atoms with Gasteiger partial charge in [-0.15, -0.1) is 0 Å². The Kier molecular flexibility index (Phi) is 4.37. The molecule has 0 amide bonds. The summed E-state index contributed by atoms with van der Waals surface area (Å²) in [6, 6.07) is 0. The van der Waals surface area contributed by atoms with Crippen molar-refractivity contribution in [2.24, 2.45) is 0 Å². The molecule has 18 heavy (non-hydrogen) atoms. The summed E-state index contributed by atoms with van der Waals surface area (Å²) in [6.07, 6.45) is -4.03. The normalized spacial score (nSPS) is 13.4. The van der Waals surface area contributed by atoms with E-state index in [4.69, 9.17) is 0 Å². The van der Waals surface area contributed by atoms with Crippen molar-refractivity contribution in [2.75, 3.05) is 6.61 Å². The molecule has 0 bridgehead atoms. The van der Waals surface area contributed by atoms with E-state index in [0.717, 1.165) is 0 Å². The largest absolute Gasteiger partial charge is 0.461 e. The summed E-state index contributed by atoms with van der Waals surface area (Å²) in [6.45, 7) is 5.08.